The normalized spacial score (nSPS) is 20.4. The highest BCUT2D eigenvalue weighted by atomic mass is 16.6. The van der Waals surface area contributed by atoms with Crippen LogP contribution in [-0.2, 0) is 9.47 Å². The van der Waals surface area contributed by atoms with Crippen LogP contribution in [0.4, 0.5) is 10.5 Å². The fourth-order valence-corrected chi connectivity index (χ4v) is 2.80. The first-order valence-corrected chi connectivity index (χ1v) is 8.02. The Bertz CT molecular complexity index is 537. The molecule has 1 aromatic carbocycles. The molecule has 1 fully saturated rings. The van der Waals surface area contributed by atoms with Crippen molar-refractivity contribution in [2.75, 3.05) is 25.1 Å². The molecule has 5 nitrogen and oxygen atoms in total. The molecule has 0 unspecified atom stereocenters. The number of benzene rings is 1. The lowest BCUT2D eigenvalue weighted by molar-refractivity contribution is -0.0621. The Hall–Kier alpha value is -1.75. The zero-order chi connectivity index (χ0) is 17.3. The first-order valence-electron chi connectivity index (χ1n) is 8.02. The number of anilines is 1. The zero-order valence-electron chi connectivity index (χ0n) is 15.0. The molecule has 0 aliphatic carbocycles. The number of para-hydroxylation sites is 1. The predicted octanol–water partition coefficient (Wildman–Crippen LogP) is 3.49. The summed E-state index contributed by atoms with van der Waals surface area (Å²) < 4.78 is 11.4. The highest BCUT2D eigenvalue weighted by Crippen LogP contribution is 2.30. The van der Waals surface area contributed by atoms with Gasteiger partial charge >= 0.3 is 6.09 Å². The Balaban J connectivity index is 2.12. The SMILES string of the molecule is CN(C[C@H]1COC(C)(C)N1C(=O)OC(C)(C)C)c1ccccc1. The van der Waals surface area contributed by atoms with Crippen LogP contribution in [0.1, 0.15) is 34.6 Å². The summed E-state index contributed by atoms with van der Waals surface area (Å²) in [5.74, 6) is 0. The van der Waals surface area contributed by atoms with Gasteiger partial charge in [-0.3, -0.25) is 4.90 Å². The van der Waals surface area contributed by atoms with Crippen LogP contribution >= 0.6 is 0 Å². The molecule has 1 saturated heterocycles. The number of likely N-dealkylation sites (N-methyl/N-ethyl adjacent to an activating group) is 1. The molecule has 1 aliphatic rings. The summed E-state index contributed by atoms with van der Waals surface area (Å²) in [5, 5.41) is 0. The van der Waals surface area contributed by atoms with E-state index in [1.54, 1.807) is 4.90 Å². The molecule has 1 amide bonds. The van der Waals surface area contributed by atoms with E-state index in [1.807, 2.05) is 59.9 Å². The second kappa shape index (κ2) is 6.40. The Kier molecular flexibility index (Phi) is 4.90. The minimum absolute atomic E-state index is 0.0509. The molecule has 1 atom stereocenters. The summed E-state index contributed by atoms with van der Waals surface area (Å²) in [6.45, 7) is 10.6. The summed E-state index contributed by atoms with van der Waals surface area (Å²) >= 11 is 0. The largest absolute Gasteiger partial charge is 0.444 e. The molecule has 0 saturated carbocycles. The molecular formula is C18H28N2O3. The minimum Gasteiger partial charge on any atom is -0.444 e. The van der Waals surface area contributed by atoms with E-state index in [2.05, 4.69) is 17.0 Å². The van der Waals surface area contributed by atoms with Crippen molar-refractivity contribution in [3.63, 3.8) is 0 Å². The maximum atomic E-state index is 12.6. The molecule has 0 radical (unpaired) electrons. The van der Waals surface area contributed by atoms with Crippen LogP contribution in [0.3, 0.4) is 0 Å². The van der Waals surface area contributed by atoms with Crippen molar-refractivity contribution in [1.29, 1.82) is 0 Å². The van der Waals surface area contributed by atoms with Gasteiger partial charge in [0.1, 0.15) is 11.3 Å². The number of hydrogen-bond acceptors (Lipinski definition) is 4. The first-order chi connectivity index (χ1) is 10.6. The molecule has 2 rings (SSSR count). The quantitative estimate of drug-likeness (QED) is 0.855. The predicted molar refractivity (Wildman–Crippen MR) is 91.6 cm³/mol. The van der Waals surface area contributed by atoms with Gasteiger partial charge in [0.2, 0.25) is 0 Å². The van der Waals surface area contributed by atoms with Crippen molar-refractivity contribution < 1.29 is 14.3 Å². The molecule has 0 N–H and O–H groups in total. The highest BCUT2D eigenvalue weighted by Gasteiger charge is 2.45. The van der Waals surface area contributed by atoms with E-state index < -0.39 is 11.3 Å². The average Bonchev–Trinajstić information content (AvgIpc) is 2.72. The molecule has 128 valence electrons. The summed E-state index contributed by atoms with van der Waals surface area (Å²) in [4.78, 5) is 16.5. The molecule has 1 aliphatic heterocycles. The average molecular weight is 320 g/mol. The molecule has 1 aromatic rings. The fourth-order valence-electron chi connectivity index (χ4n) is 2.80. The van der Waals surface area contributed by atoms with E-state index in [0.29, 0.717) is 13.2 Å². The Labute approximate surface area is 139 Å². The number of rotatable bonds is 3. The van der Waals surface area contributed by atoms with Crippen LogP contribution in [0.15, 0.2) is 30.3 Å². The van der Waals surface area contributed by atoms with Gasteiger partial charge in [-0.05, 0) is 46.8 Å². The number of carbonyl (C=O) groups is 1. The van der Waals surface area contributed by atoms with Crippen LogP contribution in [0, 0.1) is 0 Å². The van der Waals surface area contributed by atoms with Crippen LogP contribution < -0.4 is 4.90 Å². The number of nitrogens with zero attached hydrogens (tertiary/aromatic N) is 2. The van der Waals surface area contributed by atoms with Crippen molar-refractivity contribution in [2.45, 2.75) is 52.0 Å². The van der Waals surface area contributed by atoms with E-state index in [0.717, 1.165) is 5.69 Å². The molecular weight excluding hydrogens is 292 g/mol. The lowest BCUT2D eigenvalue weighted by atomic mass is 10.2. The van der Waals surface area contributed by atoms with Crippen molar-refractivity contribution in [3.8, 4) is 0 Å². The van der Waals surface area contributed by atoms with E-state index in [9.17, 15) is 4.79 Å². The Morgan fingerprint density at radius 3 is 2.52 bits per heavy atom. The summed E-state index contributed by atoms with van der Waals surface area (Å²) in [6.07, 6.45) is -0.327. The minimum atomic E-state index is -0.662. The molecule has 1 heterocycles. The maximum absolute atomic E-state index is 12.6. The second-order valence-electron chi connectivity index (χ2n) is 7.48. The van der Waals surface area contributed by atoms with E-state index in [4.69, 9.17) is 9.47 Å². The highest BCUT2D eigenvalue weighted by molar-refractivity contribution is 5.70. The van der Waals surface area contributed by atoms with Crippen molar-refractivity contribution in [2.24, 2.45) is 0 Å². The summed E-state index contributed by atoms with van der Waals surface area (Å²) in [5.41, 5.74) is -0.0720. The standard InChI is InChI=1S/C18H28N2O3/c1-17(2,3)23-16(21)20-15(13-22-18(20,4)5)12-19(6)14-10-8-7-9-11-14/h7-11,15H,12-13H2,1-6H3/t15-/m0/s1. The Morgan fingerprint density at radius 1 is 1.35 bits per heavy atom. The van der Waals surface area contributed by atoms with E-state index >= 15 is 0 Å². The third-order valence-corrected chi connectivity index (χ3v) is 3.85. The third kappa shape index (κ3) is 4.38. The van der Waals surface area contributed by atoms with E-state index in [-0.39, 0.29) is 12.1 Å². The topological polar surface area (TPSA) is 42.0 Å². The summed E-state index contributed by atoms with van der Waals surface area (Å²) in [7, 11) is 2.02. The number of amides is 1. The molecule has 0 spiro atoms. The fraction of sp³-hybridized carbons (Fsp3) is 0.611. The molecule has 0 bridgehead atoms. The van der Waals surface area contributed by atoms with Gasteiger partial charge in [-0.1, -0.05) is 18.2 Å². The van der Waals surface area contributed by atoms with Gasteiger partial charge in [0.25, 0.3) is 0 Å². The third-order valence-electron chi connectivity index (χ3n) is 3.85. The molecule has 0 aromatic heterocycles. The Morgan fingerprint density at radius 2 is 1.96 bits per heavy atom. The van der Waals surface area contributed by atoms with Crippen LogP contribution in [-0.4, -0.2) is 48.6 Å². The van der Waals surface area contributed by atoms with Gasteiger partial charge in [0.05, 0.1) is 12.6 Å². The van der Waals surface area contributed by atoms with Crippen molar-refractivity contribution >= 4 is 11.8 Å². The zero-order valence-corrected chi connectivity index (χ0v) is 15.0. The van der Waals surface area contributed by atoms with Gasteiger partial charge in [-0.2, -0.15) is 0 Å². The van der Waals surface area contributed by atoms with Gasteiger partial charge in [-0.25, -0.2) is 4.79 Å². The van der Waals surface area contributed by atoms with Gasteiger partial charge < -0.3 is 14.4 Å². The number of ether oxygens (including phenoxy) is 2. The molecule has 23 heavy (non-hydrogen) atoms. The van der Waals surface area contributed by atoms with Gasteiger partial charge in [0.15, 0.2) is 0 Å². The first kappa shape index (κ1) is 17.6. The smallest absolute Gasteiger partial charge is 0.412 e. The van der Waals surface area contributed by atoms with Gasteiger partial charge in [0, 0.05) is 19.3 Å². The second-order valence-corrected chi connectivity index (χ2v) is 7.48. The van der Waals surface area contributed by atoms with Crippen molar-refractivity contribution in [3.05, 3.63) is 30.3 Å². The lowest BCUT2D eigenvalue weighted by Gasteiger charge is -2.36. The van der Waals surface area contributed by atoms with E-state index in [1.165, 1.54) is 0 Å². The van der Waals surface area contributed by atoms with Gasteiger partial charge in [-0.15, -0.1) is 0 Å². The lowest BCUT2D eigenvalue weighted by Crippen LogP contribution is -2.52. The van der Waals surface area contributed by atoms with Crippen LogP contribution in [0.25, 0.3) is 0 Å². The monoisotopic (exact) mass is 320 g/mol. The van der Waals surface area contributed by atoms with Crippen molar-refractivity contribution in [1.82, 2.24) is 4.90 Å². The number of carbonyl (C=O) groups excluding carboxylic acids is 1. The maximum Gasteiger partial charge on any atom is 0.412 e. The van der Waals surface area contributed by atoms with Crippen LogP contribution in [0.5, 0.6) is 0 Å². The number of hydrogen-bond donors (Lipinski definition) is 0. The molecule has 5 heteroatoms. The van der Waals surface area contributed by atoms with Crippen LogP contribution in [0.2, 0.25) is 0 Å². The summed E-state index contributed by atoms with van der Waals surface area (Å²) in [6, 6.07) is 10.1.